The first-order chi connectivity index (χ1) is 9.54. The first-order valence-corrected chi connectivity index (χ1v) is 6.79. The second-order valence-corrected chi connectivity index (χ2v) is 5.25. The maximum Gasteiger partial charge on any atom is 0.224 e. The minimum Gasteiger partial charge on any atom is -0.352 e. The zero-order valence-corrected chi connectivity index (χ0v) is 12.1. The van der Waals surface area contributed by atoms with Crippen molar-refractivity contribution in [3.05, 3.63) is 69.7 Å². The van der Waals surface area contributed by atoms with Crippen molar-refractivity contribution in [2.75, 3.05) is 0 Å². The first-order valence-electron chi connectivity index (χ1n) is 5.99. The third kappa shape index (κ3) is 4.13. The van der Waals surface area contributed by atoms with Gasteiger partial charge in [-0.25, -0.2) is 8.78 Å². The lowest BCUT2D eigenvalue weighted by molar-refractivity contribution is -0.120. The first kappa shape index (κ1) is 14.7. The van der Waals surface area contributed by atoms with E-state index in [1.807, 2.05) is 24.3 Å². The molecule has 20 heavy (non-hydrogen) atoms. The summed E-state index contributed by atoms with van der Waals surface area (Å²) in [7, 11) is 0. The molecule has 2 rings (SSSR count). The molecule has 0 radical (unpaired) electrons. The number of carbonyl (C=O) groups excluding carboxylic acids is 1. The van der Waals surface area contributed by atoms with Crippen LogP contribution in [-0.2, 0) is 17.8 Å². The quantitative estimate of drug-likeness (QED) is 0.906. The van der Waals surface area contributed by atoms with E-state index in [-0.39, 0.29) is 12.3 Å². The van der Waals surface area contributed by atoms with Crippen LogP contribution in [0.2, 0.25) is 0 Å². The van der Waals surface area contributed by atoms with Crippen LogP contribution in [0, 0.1) is 11.6 Å². The van der Waals surface area contributed by atoms with Crippen LogP contribution in [0.25, 0.3) is 0 Å². The highest BCUT2D eigenvalue weighted by atomic mass is 79.9. The maximum absolute atomic E-state index is 13.0. The summed E-state index contributed by atoms with van der Waals surface area (Å²) < 4.78 is 26.7. The molecule has 0 aliphatic heterocycles. The number of rotatable bonds is 4. The van der Waals surface area contributed by atoms with Gasteiger partial charge in [0.05, 0.1) is 6.42 Å². The van der Waals surface area contributed by atoms with Gasteiger partial charge in [-0.15, -0.1) is 0 Å². The smallest absolute Gasteiger partial charge is 0.224 e. The highest BCUT2D eigenvalue weighted by Gasteiger charge is 2.07. The molecule has 2 aromatic rings. The summed E-state index contributed by atoms with van der Waals surface area (Å²) >= 11 is 3.35. The van der Waals surface area contributed by atoms with Crippen LogP contribution in [0.1, 0.15) is 11.1 Å². The summed E-state index contributed by atoms with van der Waals surface area (Å²) in [6.07, 6.45) is 0.0191. The van der Waals surface area contributed by atoms with E-state index in [2.05, 4.69) is 21.2 Å². The van der Waals surface area contributed by atoms with Gasteiger partial charge in [0.1, 0.15) is 0 Å². The average Bonchev–Trinajstić information content (AvgIpc) is 2.41. The number of hydrogen-bond donors (Lipinski definition) is 1. The molecule has 0 saturated carbocycles. The molecule has 5 heteroatoms. The highest BCUT2D eigenvalue weighted by molar-refractivity contribution is 9.10. The molecule has 0 unspecified atom stereocenters. The Balaban J connectivity index is 1.91. The lowest BCUT2D eigenvalue weighted by atomic mass is 10.1. The number of hydrogen-bond acceptors (Lipinski definition) is 1. The second-order valence-electron chi connectivity index (χ2n) is 4.33. The molecule has 0 spiro atoms. The number of nitrogens with one attached hydrogen (secondary N) is 1. The van der Waals surface area contributed by atoms with Gasteiger partial charge in [0.15, 0.2) is 11.6 Å². The van der Waals surface area contributed by atoms with Gasteiger partial charge in [-0.3, -0.25) is 4.79 Å². The zero-order chi connectivity index (χ0) is 14.5. The van der Waals surface area contributed by atoms with Crippen molar-refractivity contribution in [1.29, 1.82) is 0 Å². The van der Waals surface area contributed by atoms with Crippen LogP contribution in [0.4, 0.5) is 8.78 Å². The molecule has 0 aromatic heterocycles. The fraction of sp³-hybridized carbons (Fsp3) is 0.133. The van der Waals surface area contributed by atoms with E-state index in [1.165, 1.54) is 6.07 Å². The number of halogens is 3. The average molecular weight is 340 g/mol. The Morgan fingerprint density at radius 2 is 1.85 bits per heavy atom. The van der Waals surface area contributed by atoms with Crippen molar-refractivity contribution in [1.82, 2.24) is 5.32 Å². The third-order valence-electron chi connectivity index (χ3n) is 2.73. The van der Waals surface area contributed by atoms with Crippen molar-refractivity contribution < 1.29 is 13.6 Å². The maximum atomic E-state index is 13.0. The predicted molar refractivity (Wildman–Crippen MR) is 76.1 cm³/mol. The fourth-order valence-electron chi connectivity index (χ4n) is 1.75. The SMILES string of the molecule is O=C(Cc1ccc(F)c(F)c1)NCc1cccc(Br)c1. The van der Waals surface area contributed by atoms with Gasteiger partial charge < -0.3 is 5.32 Å². The molecule has 104 valence electrons. The van der Waals surface area contributed by atoms with E-state index >= 15 is 0 Å². The van der Waals surface area contributed by atoms with Gasteiger partial charge in [-0.1, -0.05) is 34.1 Å². The van der Waals surface area contributed by atoms with Crippen LogP contribution in [-0.4, -0.2) is 5.91 Å². The van der Waals surface area contributed by atoms with Crippen LogP contribution >= 0.6 is 15.9 Å². The van der Waals surface area contributed by atoms with Crippen LogP contribution in [0.3, 0.4) is 0 Å². The summed E-state index contributed by atoms with van der Waals surface area (Å²) in [5, 5.41) is 2.73. The lowest BCUT2D eigenvalue weighted by Crippen LogP contribution is -2.24. The summed E-state index contributed by atoms with van der Waals surface area (Å²) in [4.78, 5) is 11.7. The Morgan fingerprint density at radius 3 is 2.55 bits per heavy atom. The zero-order valence-electron chi connectivity index (χ0n) is 10.5. The molecule has 0 bridgehead atoms. The monoisotopic (exact) mass is 339 g/mol. The number of benzene rings is 2. The minimum absolute atomic E-state index is 0.0191. The van der Waals surface area contributed by atoms with Crippen LogP contribution in [0.5, 0.6) is 0 Å². The van der Waals surface area contributed by atoms with E-state index in [9.17, 15) is 13.6 Å². The Kier molecular flexibility index (Phi) is 4.84. The fourth-order valence-corrected chi connectivity index (χ4v) is 2.19. The molecule has 1 amide bonds. The molecule has 0 aliphatic carbocycles. The molecular weight excluding hydrogens is 328 g/mol. The van der Waals surface area contributed by atoms with Gasteiger partial charge in [0.2, 0.25) is 5.91 Å². The minimum atomic E-state index is -0.942. The van der Waals surface area contributed by atoms with Crippen molar-refractivity contribution in [2.45, 2.75) is 13.0 Å². The Bertz CT molecular complexity index is 631. The van der Waals surface area contributed by atoms with E-state index in [0.29, 0.717) is 12.1 Å². The molecular formula is C15H12BrF2NO. The third-order valence-corrected chi connectivity index (χ3v) is 3.22. The summed E-state index contributed by atoms with van der Waals surface area (Å²) in [6, 6.07) is 11.0. The largest absolute Gasteiger partial charge is 0.352 e. The van der Waals surface area contributed by atoms with Crippen LogP contribution < -0.4 is 5.32 Å². The van der Waals surface area contributed by atoms with Gasteiger partial charge in [-0.05, 0) is 35.4 Å². The van der Waals surface area contributed by atoms with Gasteiger partial charge in [-0.2, -0.15) is 0 Å². The van der Waals surface area contributed by atoms with E-state index in [0.717, 1.165) is 22.2 Å². The van der Waals surface area contributed by atoms with E-state index in [4.69, 9.17) is 0 Å². The molecule has 1 N–H and O–H groups in total. The molecule has 2 nitrogen and oxygen atoms in total. The van der Waals surface area contributed by atoms with E-state index in [1.54, 1.807) is 0 Å². The number of amides is 1. The molecule has 0 saturated heterocycles. The van der Waals surface area contributed by atoms with E-state index < -0.39 is 11.6 Å². The Labute approximate surface area is 123 Å². The van der Waals surface area contributed by atoms with Gasteiger partial charge >= 0.3 is 0 Å². The summed E-state index contributed by atoms with van der Waals surface area (Å²) in [5.74, 6) is -2.10. The van der Waals surface area contributed by atoms with Crippen molar-refractivity contribution in [3.63, 3.8) is 0 Å². The number of carbonyl (C=O) groups is 1. The summed E-state index contributed by atoms with van der Waals surface area (Å²) in [6.45, 7) is 0.391. The van der Waals surface area contributed by atoms with Crippen molar-refractivity contribution in [3.8, 4) is 0 Å². The van der Waals surface area contributed by atoms with Gasteiger partial charge in [0.25, 0.3) is 0 Å². The summed E-state index contributed by atoms with van der Waals surface area (Å²) in [5.41, 5.74) is 1.40. The normalized spacial score (nSPS) is 10.3. The second kappa shape index (κ2) is 6.61. The van der Waals surface area contributed by atoms with Gasteiger partial charge in [0, 0.05) is 11.0 Å². The molecule has 0 fully saturated rings. The van der Waals surface area contributed by atoms with Crippen LogP contribution in [0.15, 0.2) is 46.9 Å². The van der Waals surface area contributed by atoms with Crippen molar-refractivity contribution >= 4 is 21.8 Å². The molecule has 0 heterocycles. The topological polar surface area (TPSA) is 29.1 Å². The molecule has 0 atom stereocenters. The lowest BCUT2D eigenvalue weighted by Gasteiger charge is -2.06. The highest BCUT2D eigenvalue weighted by Crippen LogP contribution is 2.12. The Morgan fingerprint density at radius 1 is 1.05 bits per heavy atom. The Hall–Kier alpha value is -1.75. The predicted octanol–water partition coefficient (Wildman–Crippen LogP) is 3.59. The van der Waals surface area contributed by atoms with Crippen molar-refractivity contribution in [2.24, 2.45) is 0 Å². The molecule has 2 aromatic carbocycles. The standard InChI is InChI=1S/C15H12BrF2NO/c16-12-3-1-2-11(6-12)9-19-15(20)8-10-4-5-13(17)14(18)7-10/h1-7H,8-9H2,(H,19,20). The molecule has 0 aliphatic rings.